The minimum absolute atomic E-state index is 0.604. The van der Waals surface area contributed by atoms with Gasteiger partial charge in [0.15, 0.2) is 0 Å². The van der Waals surface area contributed by atoms with Crippen LogP contribution in [0.4, 0.5) is 5.69 Å². The number of hydrogen-bond acceptors (Lipinski definition) is 2. The van der Waals surface area contributed by atoms with Crippen LogP contribution < -0.4 is 10.5 Å². The Hall–Kier alpha value is -1.67. The van der Waals surface area contributed by atoms with Gasteiger partial charge in [-0.3, -0.25) is 0 Å². The quantitative estimate of drug-likeness (QED) is 0.849. The van der Waals surface area contributed by atoms with Crippen LogP contribution >= 0.6 is 11.6 Å². The summed E-state index contributed by atoms with van der Waals surface area (Å²) in [7, 11) is 0. The summed E-state index contributed by atoms with van der Waals surface area (Å²) in [6, 6.07) is 13.6. The van der Waals surface area contributed by atoms with E-state index in [0.29, 0.717) is 11.6 Å². The fourth-order valence-electron chi connectivity index (χ4n) is 1.68. The molecule has 18 heavy (non-hydrogen) atoms. The average molecular weight is 262 g/mol. The standard InChI is InChI=1S/C15H16ClNO/c1-11-2-7-14(16)15(10-11)18-9-8-12-3-5-13(17)6-4-12/h2-7,10H,8-9,17H2,1H3. The molecule has 0 aliphatic rings. The highest BCUT2D eigenvalue weighted by Gasteiger charge is 2.01. The Morgan fingerprint density at radius 3 is 2.56 bits per heavy atom. The predicted molar refractivity (Wildman–Crippen MR) is 76.2 cm³/mol. The van der Waals surface area contributed by atoms with E-state index in [1.807, 2.05) is 49.4 Å². The van der Waals surface area contributed by atoms with Gasteiger partial charge in [-0.15, -0.1) is 0 Å². The molecule has 0 radical (unpaired) electrons. The van der Waals surface area contributed by atoms with E-state index in [1.54, 1.807) is 0 Å². The van der Waals surface area contributed by atoms with Crippen LogP contribution in [0.25, 0.3) is 0 Å². The van der Waals surface area contributed by atoms with Crippen LogP contribution in [-0.2, 0) is 6.42 Å². The molecule has 0 aliphatic heterocycles. The molecule has 94 valence electrons. The molecule has 2 nitrogen and oxygen atoms in total. The van der Waals surface area contributed by atoms with Crippen molar-refractivity contribution in [2.75, 3.05) is 12.3 Å². The number of aryl methyl sites for hydroxylation is 1. The van der Waals surface area contributed by atoms with E-state index in [-0.39, 0.29) is 0 Å². The van der Waals surface area contributed by atoms with Crippen molar-refractivity contribution in [2.24, 2.45) is 0 Å². The van der Waals surface area contributed by atoms with E-state index in [9.17, 15) is 0 Å². The molecular weight excluding hydrogens is 246 g/mol. The van der Waals surface area contributed by atoms with Gasteiger partial charge in [0.05, 0.1) is 11.6 Å². The molecule has 0 spiro atoms. The van der Waals surface area contributed by atoms with Gasteiger partial charge in [0.1, 0.15) is 5.75 Å². The molecule has 3 heteroatoms. The van der Waals surface area contributed by atoms with Crippen LogP contribution in [0, 0.1) is 6.92 Å². The molecule has 0 unspecified atom stereocenters. The molecule has 2 aromatic carbocycles. The molecule has 0 aliphatic carbocycles. The second-order valence-electron chi connectivity index (χ2n) is 4.27. The van der Waals surface area contributed by atoms with Crippen molar-refractivity contribution in [3.05, 3.63) is 58.6 Å². The molecular formula is C15H16ClNO. The predicted octanol–water partition coefficient (Wildman–Crippen LogP) is 3.85. The minimum Gasteiger partial charge on any atom is -0.492 e. The zero-order valence-electron chi connectivity index (χ0n) is 10.3. The summed E-state index contributed by atoms with van der Waals surface area (Å²) < 4.78 is 5.69. The van der Waals surface area contributed by atoms with Crippen molar-refractivity contribution in [2.45, 2.75) is 13.3 Å². The summed E-state index contributed by atoms with van der Waals surface area (Å²) in [6.07, 6.45) is 0.838. The Morgan fingerprint density at radius 1 is 1.11 bits per heavy atom. The summed E-state index contributed by atoms with van der Waals surface area (Å²) in [4.78, 5) is 0. The lowest BCUT2D eigenvalue weighted by molar-refractivity contribution is 0.322. The minimum atomic E-state index is 0.604. The first-order valence-corrected chi connectivity index (χ1v) is 6.26. The van der Waals surface area contributed by atoms with Gasteiger partial charge in [-0.05, 0) is 42.3 Å². The van der Waals surface area contributed by atoms with Gasteiger partial charge in [0.25, 0.3) is 0 Å². The smallest absolute Gasteiger partial charge is 0.138 e. The summed E-state index contributed by atoms with van der Waals surface area (Å²) in [5, 5.41) is 0.651. The summed E-state index contributed by atoms with van der Waals surface area (Å²) >= 11 is 6.06. The lowest BCUT2D eigenvalue weighted by atomic mass is 10.1. The van der Waals surface area contributed by atoms with Crippen LogP contribution in [0.1, 0.15) is 11.1 Å². The third-order valence-corrected chi connectivity index (χ3v) is 3.03. The Kier molecular flexibility index (Phi) is 4.11. The molecule has 2 N–H and O–H groups in total. The first-order valence-electron chi connectivity index (χ1n) is 5.88. The highest BCUT2D eigenvalue weighted by molar-refractivity contribution is 6.32. The highest BCUT2D eigenvalue weighted by Crippen LogP contribution is 2.25. The van der Waals surface area contributed by atoms with Crippen molar-refractivity contribution in [1.29, 1.82) is 0 Å². The maximum absolute atomic E-state index is 6.06. The van der Waals surface area contributed by atoms with Crippen molar-refractivity contribution < 1.29 is 4.74 Å². The largest absolute Gasteiger partial charge is 0.492 e. The van der Waals surface area contributed by atoms with Crippen LogP contribution in [0.5, 0.6) is 5.75 Å². The van der Waals surface area contributed by atoms with Gasteiger partial charge in [-0.1, -0.05) is 29.8 Å². The topological polar surface area (TPSA) is 35.2 Å². The summed E-state index contributed by atoms with van der Waals surface area (Å²) in [5.74, 6) is 0.743. The number of ether oxygens (including phenoxy) is 1. The summed E-state index contributed by atoms with van der Waals surface area (Å²) in [5.41, 5.74) is 8.76. The van der Waals surface area contributed by atoms with E-state index in [4.69, 9.17) is 22.1 Å². The number of rotatable bonds is 4. The molecule has 0 aromatic heterocycles. The van der Waals surface area contributed by atoms with Gasteiger partial charge < -0.3 is 10.5 Å². The summed E-state index contributed by atoms with van der Waals surface area (Å²) in [6.45, 7) is 2.62. The second kappa shape index (κ2) is 5.78. The third-order valence-electron chi connectivity index (χ3n) is 2.71. The SMILES string of the molecule is Cc1ccc(Cl)c(OCCc2ccc(N)cc2)c1. The van der Waals surface area contributed by atoms with Crippen molar-refractivity contribution >= 4 is 17.3 Å². The zero-order valence-corrected chi connectivity index (χ0v) is 11.1. The second-order valence-corrected chi connectivity index (χ2v) is 4.68. The first kappa shape index (κ1) is 12.8. The van der Waals surface area contributed by atoms with E-state index in [1.165, 1.54) is 5.56 Å². The maximum Gasteiger partial charge on any atom is 0.138 e. The molecule has 0 fully saturated rings. The lowest BCUT2D eigenvalue weighted by Crippen LogP contribution is -2.02. The fraction of sp³-hybridized carbons (Fsp3) is 0.200. The number of halogens is 1. The first-order chi connectivity index (χ1) is 8.65. The van der Waals surface area contributed by atoms with Crippen LogP contribution in [0.2, 0.25) is 5.02 Å². The number of nitrogens with two attached hydrogens (primary N) is 1. The molecule has 0 saturated heterocycles. The molecule has 0 bridgehead atoms. The maximum atomic E-state index is 6.06. The van der Waals surface area contributed by atoms with Gasteiger partial charge in [0.2, 0.25) is 0 Å². The number of hydrogen-bond donors (Lipinski definition) is 1. The number of anilines is 1. The molecule has 2 rings (SSSR count). The van der Waals surface area contributed by atoms with Crippen molar-refractivity contribution in [3.8, 4) is 5.75 Å². The Bertz CT molecular complexity index is 523. The Balaban J connectivity index is 1.92. The van der Waals surface area contributed by atoms with Gasteiger partial charge in [-0.2, -0.15) is 0 Å². The van der Waals surface area contributed by atoms with Gasteiger partial charge in [-0.25, -0.2) is 0 Å². The van der Waals surface area contributed by atoms with Crippen LogP contribution in [-0.4, -0.2) is 6.61 Å². The van der Waals surface area contributed by atoms with Gasteiger partial charge >= 0.3 is 0 Å². The normalized spacial score (nSPS) is 10.3. The van der Waals surface area contributed by atoms with Crippen LogP contribution in [0.3, 0.4) is 0 Å². The third kappa shape index (κ3) is 3.41. The van der Waals surface area contributed by atoms with Crippen molar-refractivity contribution in [3.63, 3.8) is 0 Å². The fourth-order valence-corrected chi connectivity index (χ4v) is 1.86. The Morgan fingerprint density at radius 2 is 1.83 bits per heavy atom. The molecule has 0 atom stereocenters. The molecule has 2 aromatic rings. The van der Waals surface area contributed by atoms with Crippen molar-refractivity contribution in [1.82, 2.24) is 0 Å². The Labute approximate surface area is 112 Å². The van der Waals surface area contributed by atoms with E-state index < -0.39 is 0 Å². The van der Waals surface area contributed by atoms with E-state index in [0.717, 1.165) is 23.4 Å². The molecule has 0 amide bonds. The van der Waals surface area contributed by atoms with Crippen LogP contribution in [0.15, 0.2) is 42.5 Å². The molecule has 0 saturated carbocycles. The van der Waals surface area contributed by atoms with E-state index in [2.05, 4.69) is 0 Å². The number of nitrogen functional groups attached to an aromatic ring is 1. The van der Waals surface area contributed by atoms with E-state index >= 15 is 0 Å². The van der Waals surface area contributed by atoms with Gasteiger partial charge in [0, 0.05) is 12.1 Å². The average Bonchev–Trinajstić information content (AvgIpc) is 2.36. The monoisotopic (exact) mass is 261 g/mol. The number of benzene rings is 2. The highest BCUT2D eigenvalue weighted by atomic mass is 35.5. The molecule has 0 heterocycles. The zero-order chi connectivity index (χ0) is 13.0. The lowest BCUT2D eigenvalue weighted by Gasteiger charge is -2.09.